The summed E-state index contributed by atoms with van der Waals surface area (Å²) >= 11 is 0. The highest BCUT2D eigenvalue weighted by atomic mass is 15.3. The fourth-order valence-electron chi connectivity index (χ4n) is 2.86. The van der Waals surface area contributed by atoms with E-state index < -0.39 is 0 Å². The van der Waals surface area contributed by atoms with E-state index in [2.05, 4.69) is 32.7 Å². The standard InChI is InChI=1S/C13H20N4/c1-2-6-14-11(5-1)12-13(16-8-7-15-12)17-9-3-4-10-17/h1-2,5-6,12-13,15-16H,3-4,7-10H2. The summed E-state index contributed by atoms with van der Waals surface area (Å²) in [4.78, 5) is 7.04. The van der Waals surface area contributed by atoms with Gasteiger partial charge in [0.1, 0.15) is 0 Å². The van der Waals surface area contributed by atoms with Gasteiger partial charge >= 0.3 is 0 Å². The number of rotatable bonds is 2. The first-order chi connectivity index (χ1) is 8.45. The Labute approximate surface area is 102 Å². The van der Waals surface area contributed by atoms with E-state index in [-0.39, 0.29) is 0 Å². The number of hydrogen-bond acceptors (Lipinski definition) is 4. The molecule has 0 aliphatic carbocycles. The third-order valence-corrected chi connectivity index (χ3v) is 3.70. The highest BCUT2D eigenvalue weighted by Gasteiger charge is 2.32. The van der Waals surface area contributed by atoms with Crippen molar-refractivity contribution in [3.63, 3.8) is 0 Å². The van der Waals surface area contributed by atoms with Gasteiger partial charge in [0.15, 0.2) is 0 Å². The molecule has 4 nitrogen and oxygen atoms in total. The number of piperazine rings is 1. The molecule has 4 heteroatoms. The molecule has 17 heavy (non-hydrogen) atoms. The van der Waals surface area contributed by atoms with Crippen molar-refractivity contribution in [1.29, 1.82) is 0 Å². The van der Waals surface area contributed by atoms with Crippen LogP contribution in [0.1, 0.15) is 24.6 Å². The minimum Gasteiger partial charge on any atom is -0.305 e. The van der Waals surface area contributed by atoms with Crippen molar-refractivity contribution in [3.8, 4) is 0 Å². The molecule has 0 aromatic carbocycles. The minimum absolute atomic E-state index is 0.322. The zero-order valence-electron chi connectivity index (χ0n) is 10.1. The Hall–Kier alpha value is -0.970. The van der Waals surface area contributed by atoms with Crippen molar-refractivity contribution in [1.82, 2.24) is 20.5 Å². The Bertz CT molecular complexity index is 348. The largest absolute Gasteiger partial charge is 0.305 e. The second kappa shape index (κ2) is 5.12. The smallest absolute Gasteiger partial charge is 0.0814 e. The van der Waals surface area contributed by atoms with Gasteiger partial charge in [-0.3, -0.25) is 15.2 Å². The van der Waals surface area contributed by atoms with Crippen molar-refractivity contribution in [2.45, 2.75) is 25.0 Å². The fourth-order valence-corrected chi connectivity index (χ4v) is 2.86. The lowest BCUT2D eigenvalue weighted by Crippen LogP contribution is -2.58. The van der Waals surface area contributed by atoms with E-state index in [9.17, 15) is 0 Å². The van der Waals surface area contributed by atoms with E-state index >= 15 is 0 Å². The fraction of sp³-hybridized carbons (Fsp3) is 0.615. The summed E-state index contributed by atoms with van der Waals surface area (Å²) in [7, 11) is 0. The van der Waals surface area contributed by atoms with Crippen LogP contribution in [-0.2, 0) is 0 Å². The summed E-state index contributed by atoms with van der Waals surface area (Å²) in [6.07, 6.45) is 4.94. The van der Waals surface area contributed by atoms with Crippen LogP contribution < -0.4 is 10.6 Å². The molecule has 2 aliphatic heterocycles. The first kappa shape index (κ1) is 11.1. The number of hydrogen-bond donors (Lipinski definition) is 2. The van der Waals surface area contributed by atoms with Crippen LogP contribution in [0.25, 0.3) is 0 Å². The summed E-state index contributed by atoms with van der Waals surface area (Å²) in [6, 6.07) is 6.49. The second-order valence-electron chi connectivity index (χ2n) is 4.83. The predicted octanol–water partition coefficient (Wildman–Crippen LogP) is 0.737. The van der Waals surface area contributed by atoms with Gasteiger partial charge in [0.25, 0.3) is 0 Å². The monoisotopic (exact) mass is 232 g/mol. The van der Waals surface area contributed by atoms with Gasteiger partial charge in [0.2, 0.25) is 0 Å². The summed E-state index contributed by atoms with van der Waals surface area (Å²) in [6.45, 7) is 4.49. The van der Waals surface area contributed by atoms with Crippen LogP contribution >= 0.6 is 0 Å². The molecular formula is C13H20N4. The molecule has 0 saturated carbocycles. The Morgan fingerprint density at radius 3 is 2.71 bits per heavy atom. The molecule has 3 rings (SSSR count). The normalized spacial score (nSPS) is 30.6. The van der Waals surface area contributed by atoms with Gasteiger partial charge in [-0.15, -0.1) is 0 Å². The maximum absolute atomic E-state index is 4.49. The quantitative estimate of drug-likeness (QED) is 0.789. The van der Waals surface area contributed by atoms with Crippen LogP contribution in [0.2, 0.25) is 0 Å². The molecule has 2 aliphatic rings. The number of pyridine rings is 1. The zero-order valence-corrected chi connectivity index (χ0v) is 10.1. The molecular weight excluding hydrogens is 212 g/mol. The number of likely N-dealkylation sites (tertiary alicyclic amines) is 1. The molecule has 0 spiro atoms. The molecule has 2 N–H and O–H groups in total. The number of nitrogens with one attached hydrogen (secondary N) is 2. The van der Waals surface area contributed by atoms with E-state index in [1.807, 2.05) is 12.3 Å². The maximum Gasteiger partial charge on any atom is 0.0814 e. The summed E-state index contributed by atoms with van der Waals surface area (Å²) in [5.41, 5.74) is 1.15. The number of nitrogens with zero attached hydrogens (tertiary/aromatic N) is 2. The maximum atomic E-state index is 4.49. The third kappa shape index (κ3) is 2.34. The lowest BCUT2D eigenvalue weighted by Gasteiger charge is -2.39. The Kier molecular flexibility index (Phi) is 3.36. The summed E-state index contributed by atoms with van der Waals surface area (Å²) < 4.78 is 0. The molecule has 0 amide bonds. The molecule has 1 aromatic heterocycles. The molecule has 2 saturated heterocycles. The van der Waals surface area contributed by atoms with Crippen LogP contribution in [0, 0.1) is 0 Å². The minimum atomic E-state index is 0.322. The third-order valence-electron chi connectivity index (χ3n) is 3.70. The van der Waals surface area contributed by atoms with Crippen LogP contribution in [-0.4, -0.2) is 42.2 Å². The average molecular weight is 232 g/mol. The molecule has 1 aromatic rings. The van der Waals surface area contributed by atoms with Crippen molar-refractivity contribution >= 4 is 0 Å². The average Bonchev–Trinajstić information content (AvgIpc) is 2.94. The van der Waals surface area contributed by atoms with Crippen LogP contribution in [0.5, 0.6) is 0 Å². The molecule has 0 bridgehead atoms. The van der Waals surface area contributed by atoms with E-state index in [4.69, 9.17) is 0 Å². The van der Waals surface area contributed by atoms with Gasteiger partial charge in [-0.05, 0) is 38.1 Å². The van der Waals surface area contributed by atoms with E-state index in [0.717, 1.165) is 18.8 Å². The van der Waals surface area contributed by atoms with Gasteiger partial charge in [0, 0.05) is 19.3 Å². The molecule has 2 fully saturated rings. The summed E-state index contributed by atoms with van der Waals surface area (Å²) in [5.74, 6) is 0. The van der Waals surface area contributed by atoms with Crippen LogP contribution in [0.4, 0.5) is 0 Å². The summed E-state index contributed by atoms with van der Waals surface area (Å²) in [5, 5.41) is 7.23. The highest BCUT2D eigenvalue weighted by Crippen LogP contribution is 2.22. The van der Waals surface area contributed by atoms with Gasteiger partial charge < -0.3 is 5.32 Å². The number of aromatic nitrogens is 1. The second-order valence-corrected chi connectivity index (χ2v) is 4.83. The van der Waals surface area contributed by atoms with E-state index in [1.54, 1.807) is 0 Å². The molecule has 2 unspecified atom stereocenters. The van der Waals surface area contributed by atoms with E-state index in [1.165, 1.54) is 25.9 Å². The first-order valence-corrected chi connectivity index (χ1v) is 6.57. The van der Waals surface area contributed by atoms with Crippen molar-refractivity contribution in [2.75, 3.05) is 26.2 Å². The lowest BCUT2D eigenvalue weighted by molar-refractivity contribution is 0.133. The highest BCUT2D eigenvalue weighted by molar-refractivity contribution is 5.12. The predicted molar refractivity (Wildman–Crippen MR) is 67.6 cm³/mol. The van der Waals surface area contributed by atoms with Gasteiger partial charge in [-0.2, -0.15) is 0 Å². The Morgan fingerprint density at radius 1 is 1.12 bits per heavy atom. The van der Waals surface area contributed by atoms with Gasteiger partial charge in [-0.1, -0.05) is 6.07 Å². The van der Waals surface area contributed by atoms with Crippen molar-refractivity contribution in [2.24, 2.45) is 0 Å². The topological polar surface area (TPSA) is 40.2 Å². The SMILES string of the molecule is c1ccc(C2NCCNC2N2CCCC2)nc1. The van der Waals surface area contributed by atoms with Crippen LogP contribution in [0.3, 0.4) is 0 Å². The van der Waals surface area contributed by atoms with Crippen molar-refractivity contribution in [3.05, 3.63) is 30.1 Å². The van der Waals surface area contributed by atoms with Gasteiger partial charge in [-0.25, -0.2) is 0 Å². The Morgan fingerprint density at radius 2 is 1.94 bits per heavy atom. The zero-order chi connectivity index (χ0) is 11.5. The molecule has 3 heterocycles. The lowest BCUT2D eigenvalue weighted by atomic mass is 10.1. The molecule has 2 atom stereocenters. The Balaban J connectivity index is 1.80. The van der Waals surface area contributed by atoms with Crippen LogP contribution in [0.15, 0.2) is 24.4 Å². The molecule has 92 valence electrons. The first-order valence-electron chi connectivity index (χ1n) is 6.57. The van der Waals surface area contributed by atoms with Crippen molar-refractivity contribution < 1.29 is 0 Å². The van der Waals surface area contributed by atoms with E-state index in [0.29, 0.717) is 12.2 Å². The molecule has 0 radical (unpaired) electrons. The van der Waals surface area contributed by atoms with Gasteiger partial charge in [0.05, 0.1) is 17.9 Å².